The van der Waals surface area contributed by atoms with Gasteiger partial charge in [0.1, 0.15) is 17.9 Å². The molecule has 2 aliphatic rings. The number of benzene rings is 1. The highest BCUT2D eigenvalue weighted by Crippen LogP contribution is 2.44. The van der Waals surface area contributed by atoms with Crippen LogP contribution in [0.5, 0.6) is 11.6 Å². The van der Waals surface area contributed by atoms with Crippen LogP contribution in [-0.2, 0) is 0 Å². The number of aliphatic hydroxyl groups is 1. The van der Waals surface area contributed by atoms with E-state index in [0.29, 0.717) is 24.3 Å². The lowest BCUT2D eigenvalue weighted by Crippen LogP contribution is -2.62. The van der Waals surface area contributed by atoms with Gasteiger partial charge in [0.15, 0.2) is 5.82 Å². The van der Waals surface area contributed by atoms with Crippen LogP contribution in [0, 0.1) is 17.2 Å². The summed E-state index contributed by atoms with van der Waals surface area (Å²) in [6.07, 6.45) is 2.81. The fourth-order valence-corrected chi connectivity index (χ4v) is 6.65. The molecule has 232 valence electrons. The van der Waals surface area contributed by atoms with Gasteiger partial charge in [-0.1, -0.05) is 13.8 Å². The van der Waals surface area contributed by atoms with Crippen molar-refractivity contribution in [1.29, 1.82) is 0 Å². The third-order valence-corrected chi connectivity index (χ3v) is 8.44. The van der Waals surface area contributed by atoms with Gasteiger partial charge in [0.2, 0.25) is 0 Å². The number of ether oxygens (including phenoxy) is 1. The number of hydrogen-bond donors (Lipinski definition) is 1. The predicted octanol–water partition coefficient (Wildman–Crippen LogP) is 3.91. The third kappa shape index (κ3) is 7.18. The molecule has 2 aliphatic heterocycles. The molecule has 11 heteroatoms. The second-order valence-corrected chi connectivity index (χ2v) is 13.3. The lowest BCUT2D eigenvalue weighted by atomic mass is 9.76. The monoisotopic (exact) mass is 585 g/mol. The number of rotatable bonds is 12. The molecule has 2 atom stereocenters. The normalized spacial score (nSPS) is 18.3. The number of hydrogen-bond acceptors (Lipinski definition) is 9. The Bertz CT molecular complexity index is 1210. The largest absolute Gasteiger partial charge is 0.434 e. The maximum Gasteiger partial charge on any atom is 0.282 e. The number of amides is 1. The highest BCUT2D eigenvalue weighted by atomic mass is 19.1. The molecule has 1 spiro atoms. The molecule has 1 unspecified atom stereocenters. The Balaban J connectivity index is 1.49. The van der Waals surface area contributed by atoms with Crippen molar-refractivity contribution < 1.29 is 19.0 Å². The molecule has 3 heterocycles. The van der Waals surface area contributed by atoms with Crippen LogP contribution < -0.4 is 9.64 Å². The van der Waals surface area contributed by atoms with Gasteiger partial charge in [-0.3, -0.25) is 9.69 Å². The molecule has 10 nitrogen and oxygen atoms in total. The van der Waals surface area contributed by atoms with Crippen LogP contribution in [0.3, 0.4) is 0 Å². The average Bonchev–Trinajstić information content (AvgIpc) is 3.32. The second kappa shape index (κ2) is 13.2. The fourth-order valence-electron chi connectivity index (χ4n) is 6.65. The number of aliphatic hydroxyl groups excluding tert-OH is 1. The van der Waals surface area contributed by atoms with Crippen molar-refractivity contribution in [3.63, 3.8) is 0 Å². The summed E-state index contributed by atoms with van der Waals surface area (Å²) in [4.78, 5) is 26.4. The minimum absolute atomic E-state index is 0.0725. The molecule has 2 aromatic rings. The van der Waals surface area contributed by atoms with Gasteiger partial charge in [-0.25, -0.2) is 9.37 Å². The number of carbonyl (C=O) groups excluding carboxylic acids is 1. The Morgan fingerprint density at radius 1 is 1.12 bits per heavy atom. The highest BCUT2D eigenvalue weighted by Gasteiger charge is 2.50. The van der Waals surface area contributed by atoms with Gasteiger partial charge in [-0.15, -0.1) is 10.2 Å². The van der Waals surface area contributed by atoms with Crippen molar-refractivity contribution in [2.24, 2.45) is 11.3 Å². The molecule has 0 saturated carbocycles. The summed E-state index contributed by atoms with van der Waals surface area (Å²) in [6, 6.07) is 4.14. The van der Waals surface area contributed by atoms with Gasteiger partial charge in [0, 0.05) is 56.3 Å². The Kier molecular flexibility index (Phi) is 10.1. The van der Waals surface area contributed by atoms with Gasteiger partial charge in [-0.2, -0.15) is 0 Å². The molecule has 0 aliphatic carbocycles. The van der Waals surface area contributed by atoms with Crippen LogP contribution in [0.25, 0.3) is 0 Å². The first-order valence-corrected chi connectivity index (χ1v) is 15.1. The maximum absolute atomic E-state index is 14.3. The standard InChI is InChI=1S/C31H48FN7O3/c1-20(2)26(14-24(40)15-36(7)8)38-17-31(18-38)11-12-37(16-31)28-29(35-34-19-33-28)42-27-10-9-23(32)13-25(27)30(41)39(21(3)4)22(5)6/h9-10,13,19-22,24,26,40H,11-12,14-18H2,1-8H3/t24-,26?/m0/s1. The summed E-state index contributed by atoms with van der Waals surface area (Å²) in [5.74, 6) is 0.598. The van der Waals surface area contributed by atoms with Crippen molar-refractivity contribution in [2.45, 2.75) is 78.6 Å². The molecule has 1 aromatic heterocycles. The number of halogens is 1. The minimum Gasteiger partial charge on any atom is -0.434 e. The van der Waals surface area contributed by atoms with E-state index in [1.807, 2.05) is 46.7 Å². The van der Waals surface area contributed by atoms with Crippen molar-refractivity contribution in [2.75, 3.05) is 51.7 Å². The van der Waals surface area contributed by atoms with Crippen LogP contribution in [0.1, 0.15) is 64.7 Å². The number of carbonyl (C=O) groups is 1. The molecular formula is C31H48FN7O3. The molecule has 1 N–H and O–H groups in total. The topological polar surface area (TPSA) is 98.2 Å². The number of likely N-dealkylation sites (tertiary alicyclic amines) is 1. The van der Waals surface area contributed by atoms with Crippen LogP contribution in [0.15, 0.2) is 24.5 Å². The SMILES string of the molecule is CC(C)C(C[C@H](O)CN(C)C)N1CC2(CCN(c3ncnnc3Oc3ccc(F)cc3C(=O)N(C(C)C)C(C)C)C2)C1. The first-order valence-electron chi connectivity index (χ1n) is 15.1. The van der Waals surface area contributed by atoms with E-state index in [1.165, 1.54) is 24.5 Å². The van der Waals surface area contributed by atoms with Crippen LogP contribution in [0.2, 0.25) is 0 Å². The smallest absolute Gasteiger partial charge is 0.282 e. The quantitative estimate of drug-likeness (QED) is 0.398. The number of aromatic nitrogens is 3. The highest BCUT2D eigenvalue weighted by molar-refractivity contribution is 5.97. The lowest BCUT2D eigenvalue weighted by Gasteiger charge is -2.53. The van der Waals surface area contributed by atoms with Gasteiger partial charge in [0.25, 0.3) is 11.8 Å². The Hall–Kier alpha value is -2.89. The zero-order chi connectivity index (χ0) is 30.8. The van der Waals surface area contributed by atoms with Crippen LogP contribution >= 0.6 is 0 Å². The molecule has 2 fully saturated rings. The molecule has 42 heavy (non-hydrogen) atoms. The molecule has 4 rings (SSSR count). The fraction of sp³-hybridized carbons (Fsp3) is 0.677. The number of anilines is 1. The molecular weight excluding hydrogens is 537 g/mol. The van der Waals surface area contributed by atoms with Crippen molar-refractivity contribution in [1.82, 2.24) is 29.9 Å². The van der Waals surface area contributed by atoms with E-state index in [1.54, 1.807) is 4.90 Å². The van der Waals surface area contributed by atoms with Gasteiger partial charge in [-0.05, 0) is 78.7 Å². The summed E-state index contributed by atoms with van der Waals surface area (Å²) < 4.78 is 20.5. The lowest BCUT2D eigenvalue weighted by molar-refractivity contribution is -0.0476. The zero-order valence-corrected chi connectivity index (χ0v) is 26.4. The van der Waals surface area contributed by atoms with E-state index >= 15 is 0 Å². The van der Waals surface area contributed by atoms with E-state index in [4.69, 9.17) is 4.74 Å². The van der Waals surface area contributed by atoms with E-state index in [2.05, 4.69) is 38.8 Å². The van der Waals surface area contributed by atoms with E-state index in [0.717, 1.165) is 39.0 Å². The van der Waals surface area contributed by atoms with Gasteiger partial charge < -0.3 is 24.5 Å². The molecule has 0 radical (unpaired) electrons. The Labute approximate surface area is 249 Å². The molecule has 2 saturated heterocycles. The van der Waals surface area contributed by atoms with E-state index in [9.17, 15) is 14.3 Å². The summed E-state index contributed by atoms with van der Waals surface area (Å²) in [5, 5.41) is 18.8. The van der Waals surface area contributed by atoms with Gasteiger partial charge in [0.05, 0.1) is 11.7 Å². The Morgan fingerprint density at radius 3 is 2.43 bits per heavy atom. The van der Waals surface area contributed by atoms with Crippen LogP contribution in [-0.4, -0.2) is 112 Å². The van der Waals surface area contributed by atoms with Crippen molar-refractivity contribution in [3.8, 4) is 11.6 Å². The van der Waals surface area contributed by atoms with Crippen molar-refractivity contribution >= 4 is 11.7 Å². The molecule has 1 aromatic carbocycles. The summed E-state index contributed by atoms with van der Waals surface area (Å²) in [5.41, 5.74) is 0.270. The maximum atomic E-state index is 14.3. The van der Waals surface area contributed by atoms with E-state index in [-0.39, 0.29) is 46.7 Å². The number of nitrogens with zero attached hydrogens (tertiary/aromatic N) is 7. The minimum atomic E-state index is -0.513. The van der Waals surface area contributed by atoms with Crippen LogP contribution in [0.4, 0.5) is 10.2 Å². The summed E-state index contributed by atoms with van der Waals surface area (Å²) in [6.45, 7) is 16.4. The summed E-state index contributed by atoms with van der Waals surface area (Å²) in [7, 11) is 3.97. The first kappa shape index (κ1) is 32.0. The first-order chi connectivity index (χ1) is 19.8. The average molecular weight is 586 g/mol. The molecule has 0 bridgehead atoms. The van der Waals surface area contributed by atoms with Gasteiger partial charge >= 0.3 is 0 Å². The van der Waals surface area contributed by atoms with E-state index < -0.39 is 5.82 Å². The zero-order valence-electron chi connectivity index (χ0n) is 26.4. The second-order valence-electron chi connectivity index (χ2n) is 13.3. The molecule has 1 amide bonds. The predicted molar refractivity (Wildman–Crippen MR) is 161 cm³/mol. The Morgan fingerprint density at radius 2 is 1.81 bits per heavy atom. The third-order valence-electron chi connectivity index (χ3n) is 8.44. The summed E-state index contributed by atoms with van der Waals surface area (Å²) >= 11 is 0. The van der Waals surface area contributed by atoms with Crippen molar-refractivity contribution in [3.05, 3.63) is 35.9 Å². The number of likely N-dealkylation sites (N-methyl/N-ethyl adjacent to an activating group) is 1.